The van der Waals surface area contributed by atoms with Gasteiger partial charge in [-0.2, -0.15) is 8.42 Å². The van der Waals surface area contributed by atoms with E-state index in [0.717, 1.165) is 21.8 Å². The van der Waals surface area contributed by atoms with Crippen molar-refractivity contribution in [2.24, 2.45) is 22.7 Å². The average Bonchev–Trinajstić information content (AvgIpc) is 3.14. The number of fused-ring (bicyclic) bond motifs is 1. The number of rotatable bonds is 4. The smallest absolute Gasteiger partial charge is 0.199 e. The number of hydrogen-bond acceptors (Lipinski definition) is 4. The normalized spacial score (nSPS) is 28.9. The summed E-state index contributed by atoms with van der Waals surface area (Å²) in [5.74, 6) is 0.962. The van der Waals surface area contributed by atoms with Crippen LogP contribution >= 0.6 is 0 Å². The number of benzene rings is 1. The van der Waals surface area contributed by atoms with Gasteiger partial charge in [0.15, 0.2) is 0 Å². The van der Waals surface area contributed by atoms with Gasteiger partial charge in [-0.15, -0.1) is 9.19 Å². The fourth-order valence-electron chi connectivity index (χ4n) is 6.17. The first-order chi connectivity index (χ1) is 14.0. The molecule has 2 fully saturated rings. The van der Waals surface area contributed by atoms with Gasteiger partial charge in [-0.3, -0.25) is 0 Å². The molecule has 1 aromatic heterocycles. The molecule has 2 aliphatic carbocycles. The van der Waals surface area contributed by atoms with Crippen molar-refractivity contribution in [1.29, 1.82) is 0 Å². The van der Waals surface area contributed by atoms with Gasteiger partial charge in [0.2, 0.25) is 0 Å². The summed E-state index contributed by atoms with van der Waals surface area (Å²) in [6.07, 6.45) is 8.24. The van der Waals surface area contributed by atoms with Crippen LogP contribution in [0, 0.1) is 29.6 Å². The van der Waals surface area contributed by atoms with E-state index < -0.39 is 10.0 Å². The lowest BCUT2D eigenvalue weighted by Crippen LogP contribution is -2.50. The maximum atomic E-state index is 12.9. The number of aromatic nitrogens is 3. The molecule has 30 heavy (non-hydrogen) atoms. The summed E-state index contributed by atoms with van der Waals surface area (Å²) in [5, 5.41) is 8.23. The van der Waals surface area contributed by atoms with Crippen molar-refractivity contribution in [2.75, 3.05) is 0 Å². The van der Waals surface area contributed by atoms with Crippen LogP contribution in [-0.4, -0.2) is 22.8 Å². The monoisotopic (exact) mass is 427 g/mol. The third-order valence-corrected chi connectivity index (χ3v) is 9.36. The molecular formula is C24H33N3O2S. The molecule has 0 bridgehead atoms. The van der Waals surface area contributed by atoms with Crippen LogP contribution < -0.4 is 0 Å². The van der Waals surface area contributed by atoms with Crippen LogP contribution in [0.5, 0.6) is 0 Å². The van der Waals surface area contributed by atoms with Crippen LogP contribution in [0.15, 0.2) is 47.5 Å². The minimum atomic E-state index is -3.73. The maximum Gasteiger partial charge on any atom is 0.284 e. The molecule has 1 heterocycles. The highest BCUT2D eigenvalue weighted by Gasteiger charge is 2.52. The Labute approximate surface area is 180 Å². The zero-order chi connectivity index (χ0) is 21.7. The third-order valence-electron chi connectivity index (χ3n) is 7.82. The molecule has 0 radical (unpaired) electrons. The molecule has 0 saturated heterocycles. The van der Waals surface area contributed by atoms with Gasteiger partial charge in [-0.05, 0) is 67.4 Å². The minimum absolute atomic E-state index is 0.177. The van der Waals surface area contributed by atoms with Crippen molar-refractivity contribution >= 4 is 10.0 Å². The molecule has 0 amide bonds. The molecular weight excluding hydrogens is 394 g/mol. The first kappa shape index (κ1) is 21.3. The molecule has 162 valence electrons. The highest BCUT2D eigenvalue weighted by Crippen LogP contribution is 2.61. The average molecular weight is 428 g/mol. The lowest BCUT2D eigenvalue weighted by atomic mass is 9.47. The second-order valence-corrected chi connectivity index (χ2v) is 12.1. The topological polar surface area (TPSA) is 64.8 Å². The highest BCUT2D eigenvalue weighted by atomic mass is 32.2. The van der Waals surface area contributed by atoms with Crippen LogP contribution in [0.4, 0.5) is 0 Å². The van der Waals surface area contributed by atoms with E-state index in [1.54, 1.807) is 30.5 Å². The summed E-state index contributed by atoms with van der Waals surface area (Å²) in [5.41, 5.74) is 3.53. The molecule has 0 N–H and O–H groups in total. The van der Waals surface area contributed by atoms with Crippen molar-refractivity contribution in [3.05, 3.63) is 53.9 Å². The molecule has 2 aliphatic rings. The number of aryl methyl sites for hydroxylation is 1. The predicted octanol–water partition coefficient (Wildman–Crippen LogP) is 5.16. The van der Waals surface area contributed by atoms with Crippen LogP contribution in [0.3, 0.4) is 0 Å². The quantitative estimate of drug-likeness (QED) is 0.632. The zero-order valence-electron chi connectivity index (χ0n) is 18.6. The van der Waals surface area contributed by atoms with Gasteiger partial charge in [0.05, 0.1) is 16.8 Å². The van der Waals surface area contributed by atoms with Crippen molar-refractivity contribution in [3.63, 3.8) is 0 Å². The van der Waals surface area contributed by atoms with E-state index in [9.17, 15) is 8.42 Å². The van der Waals surface area contributed by atoms with E-state index in [2.05, 4.69) is 37.7 Å². The molecule has 0 spiro atoms. The Balaban J connectivity index is 1.61. The summed E-state index contributed by atoms with van der Waals surface area (Å²) in [7, 11) is -3.73. The molecule has 2 saturated carbocycles. The third kappa shape index (κ3) is 3.53. The maximum absolute atomic E-state index is 12.9. The Kier molecular flexibility index (Phi) is 5.20. The van der Waals surface area contributed by atoms with Gasteiger partial charge < -0.3 is 0 Å². The number of hydrogen-bond donors (Lipinski definition) is 0. The van der Waals surface area contributed by atoms with E-state index in [-0.39, 0.29) is 10.3 Å². The van der Waals surface area contributed by atoms with Crippen LogP contribution in [0.2, 0.25) is 0 Å². The molecule has 6 heteroatoms. The predicted molar refractivity (Wildman–Crippen MR) is 119 cm³/mol. The largest absolute Gasteiger partial charge is 0.284 e. The van der Waals surface area contributed by atoms with Crippen molar-refractivity contribution < 1.29 is 8.42 Å². The Hall–Kier alpha value is -1.95. The Morgan fingerprint density at radius 2 is 1.87 bits per heavy atom. The molecule has 3 atom stereocenters. The van der Waals surface area contributed by atoms with Crippen molar-refractivity contribution in [3.8, 4) is 0 Å². The summed E-state index contributed by atoms with van der Waals surface area (Å²) >= 11 is 0. The fourth-order valence-corrected chi connectivity index (χ4v) is 7.26. The number of allylic oxidation sites excluding steroid dienone is 1. The van der Waals surface area contributed by atoms with Gasteiger partial charge in [-0.25, -0.2) is 0 Å². The SMILES string of the molecule is C=C1CC[C@H]2C(C)(C)CCC[C@]2(C)[C@H]1Cc1cn(S(=O)(=O)c2ccc(C)cc2)nn1. The Bertz CT molecular complexity index is 1050. The molecule has 0 unspecified atom stereocenters. The van der Waals surface area contributed by atoms with Crippen molar-refractivity contribution in [2.45, 2.75) is 71.1 Å². The Morgan fingerprint density at radius 3 is 2.57 bits per heavy atom. The summed E-state index contributed by atoms with van der Waals surface area (Å²) < 4.78 is 26.9. The van der Waals surface area contributed by atoms with Gasteiger partial charge in [-0.1, -0.05) is 62.3 Å². The second kappa shape index (κ2) is 7.33. The fraction of sp³-hybridized carbons (Fsp3) is 0.583. The molecule has 4 rings (SSSR count). The minimum Gasteiger partial charge on any atom is -0.199 e. The van der Waals surface area contributed by atoms with Crippen LogP contribution in [0.1, 0.15) is 64.1 Å². The molecule has 1 aromatic carbocycles. The van der Waals surface area contributed by atoms with E-state index in [4.69, 9.17) is 0 Å². The lowest BCUT2D eigenvalue weighted by Gasteiger charge is -2.58. The van der Waals surface area contributed by atoms with Crippen LogP contribution in [-0.2, 0) is 16.4 Å². The van der Waals surface area contributed by atoms with E-state index in [1.165, 1.54) is 31.3 Å². The summed E-state index contributed by atoms with van der Waals surface area (Å²) in [4.78, 5) is 0.229. The molecule has 5 nitrogen and oxygen atoms in total. The first-order valence-electron chi connectivity index (χ1n) is 11.0. The van der Waals surface area contributed by atoms with Gasteiger partial charge >= 0.3 is 0 Å². The summed E-state index contributed by atoms with van der Waals surface area (Å²) in [6.45, 7) is 13.6. The summed E-state index contributed by atoms with van der Waals surface area (Å²) in [6, 6.07) is 6.82. The molecule has 2 aromatic rings. The van der Waals surface area contributed by atoms with E-state index in [1.807, 2.05) is 6.92 Å². The van der Waals surface area contributed by atoms with Gasteiger partial charge in [0.25, 0.3) is 10.0 Å². The van der Waals surface area contributed by atoms with E-state index in [0.29, 0.717) is 23.7 Å². The Morgan fingerprint density at radius 1 is 1.17 bits per heavy atom. The molecule has 0 aliphatic heterocycles. The zero-order valence-corrected chi connectivity index (χ0v) is 19.4. The lowest BCUT2D eigenvalue weighted by molar-refractivity contribution is -0.0519. The second-order valence-electron chi connectivity index (χ2n) is 10.3. The number of nitrogens with zero attached hydrogens (tertiary/aromatic N) is 3. The standard InChI is InChI=1S/C24H33N3O2S/c1-17-7-10-20(11-8-17)30(28,29)27-16-19(25-26-27)15-21-18(2)9-12-22-23(3,4)13-6-14-24(21,22)5/h7-8,10-11,16,21-22H,2,6,9,12-15H2,1,3-5H3/t21-,22-,24+/m0/s1. The van der Waals surface area contributed by atoms with Gasteiger partial charge in [0.1, 0.15) is 0 Å². The first-order valence-corrected chi connectivity index (χ1v) is 12.4. The van der Waals surface area contributed by atoms with E-state index >= 15 is 0 Å². The van der Waals surface area contributed by atoms with Crippen LogP contribution in [0.25, 0.3) is 0 Å². The van der Waals surface area contributed by atoms with Gasteiger partial charge in [0, 0.05) is 6.42 Å². The highest BCUT2D eigenvalue weighted by molar-refractivity contribution is 7.89. The van der Waals surface area contributed by atoms with Crippen molar-refractivity contribution in [1.82, 2.24) is 14.4 Å².